The lowest BCUT2D eigenvalue weighted by Crippen LogP contribution is -2.24. The number of allylic oxidation sites excluding steroid dienone is 1. The van der Waals surface area contributed by atoms with Gasteiger partial charge in [-0.1, -0.05) is 36.8 Å². The van der Waals surface area contributed by atoms with E-state index in [1.807, 2.05) is 30.3 Å². The minimum atomic E-state index is -0.521. The van der Waals surface area contributed by atoms with E-state index >= 15 is 0 Å². The Bertz CT molecular complexity index is 1110. The molecule has 1 amide bonds. The van der Waals surface area contributed by atoms with E-state index in [2.05, 4.69) is 32.9 Å². The SMILES string of the molecule is CCCCC=COc1ccc(C=CC(=O)Nc2cccc3c2OC(c2nn[nH]n2)CO3)cc1. The van der Waals surface area contributed by atoms with Crippen LogP contribution in [0.4, 0.5) is 5.69 Å². The first-order chi connectivity index (χ1) is 16.2. The molecule has 1 atom stereocenters. The molecule has 0 saturated heterocycles. The van der Waals surface area contributed by atoms with Crippen molar-refractivity contribution in [3.8, 4) is 17.2 Å². The molecule has 3 aromatic rings. The Kier molecular flexibility index (Phi) is 7.32. The molecule has 0 fully saturated rings. The molecule has 0 saturated carbocycles. The summed E-state index contributed by atoms with van der Waals surface area (Å²) in [5.74, 6) is 1.79. The van der Waals surface area contributed by atoms with Gasteiger partial charge in [0.15, 0.2) is 17.6 Å². The number of anilines is 1. The Hall–Kier alpha value is -4.14. The standard InChI is InChI=1S/C24H25N5O4/c1-2-3-4-5-15-31-18-12-9-17(10-13-18)11-14-22(30)25-19-7-6-8-20-23(19)33-21(16-32-20)24-26-28-29-27-24/h5-15,21H,2-4,16H2,1H3,(H,25,30)(H,26,27,28,29). The minimum absolute atomic E-state index is 0.248. The van der Waals surface area contributed by atoms with Crippen LogP contribution >= 0.6 is 0 Å². The number of ether oxygens (including phenoxy) is 3. The van der Waals surface area contributed by atoms with E-state index in [0.717, 1.165) is 30.6 Å². The number of para-hydroxylation sites is 1. The van der Waals surface area contributed by atoms with E-state index in [-0.39, 0.29) is 12.5 Å². The largest absolute Gasteiger partial charge is 0.485 e. The molecule has 1 unspecified atom stereocenters. The molecule has 1 aromatic heterocycles. The average Bonchev–Trinajstić information content (AvgIpc) is 3.38. The summed E-state index contributed by atoms with van der Waals surface area (Å²) in [6.07, 6.45) is 9.71. The van der Waals surface area contributed by atoms with Crippen LogP contribution in [0.3, 0.4) is 0 Å². The summed E-state index contributed by atoms with van der Waals surface area (Å²) in [4.78, 5) is 12.5. The average molecular weight is 447 g/mol. The number of carbonyl (C=O) groups is 1. The van der Waals surface area contributed by atoms with Crippen molar-refractivity contribution in [1.29, 1.82) is 0 Å². The normalized spacial score (nSPS) is 15.1. The van der Waals surface area contributed by atoms with Crippen molar-refractivity contribution in [3.63, 3.8) is 0 Å². The number of H-pyrrole nitrogens is 1. The fourth-order valence-electron chi connectivity index (χ4n) is 3.14. The van der Waals surface area contributed by atoms with Crippen LogP contribution in [0.5, 0.6) is 17.2 Å². The Labute approximate surface area is 191 Å². The van der Waals surface area contributed by atoms with Crippen molar-refractivity contribution >= 4 is 17.7 Å². The number of hydrogen-bond acceptors (Lipinski definition) is 7. The molecule has 170 valence electrons. The molecule has 1 aliphatic heterocycles. The smallest absolute Gasteiger partial charge is 0.248 e. The second-order valence-corrected chi connectivity index (χ2v) is 7.34. The van der Waals surface area contributed by atoms with Gasteiger partial charge in [0, 0.05) is 6.08 Å². The van der Waals surface area contributed by atoms with Crippen LogP contribution in [0.1, 0.15) is 43.7 Å². The van der Waals surface area contributed by atoms with Gasteiger partial charge in [0.1, 0.15) is 12.4 Å². The van der Waals surface area contributed by atoms with E-state index in [1.54, 1.807) is 30.5 Å². The highest BCUT2D eigenvalue weighted by atomic mass is 16.6. The number of hydrogen-bond donors (Lipinski definition) is 2. The molecule has 4 rings (SSSR count). The topological polar surface area (TPSA) is 111 Å². The maximum atomic E-state index is 12.5. The van der Waals surface area contributed by atoms with E-state index in [4.69, 9.17) is 14.2 Å². The molecule has 33 heavy (non-hydrogen) atoms. The van der Waals surface area contributed by atoms with Crippen LogP contribution in [-0.2, 0) is 4.79 Å². The molecular formula is C24H25N5O4. The zero-order chi connectivity index (χ0) is 22.9. The van der Waals surface area contributed by atoms with Gasteiger partial charge in [0.2, 0.25) is 11.7 Å². The first-order valence-electron chi connectivity index (χ1n) is 10.8. The first-order valence-corrected chi connectivity index (χ1v) is 10.8. The monoisotopic (exact) mass is 447 g/mol. The van der Waals surface area contributed by atoms with Gasteiger partial charge in [-0.25, -0.2) is 0 Å². The van der Waals surface area contributed by atoms with Gasteiger partial charge in [-0.2, -0.15) is 5.21 Å². The van der Waals surface area contributed by atoms with Crippen molar-refractivity contribution in [2.24, 2.45) is 0 Å². The summed E-state index contributed by atoms with van der Waals surface area (Å²) in [5.41, 5.74) is 1.37. The van der Waals surface area contributed by atoms with E-state index < -0.39 is 6.10 Å². The lowest BCUT2D eigenvalue weighted by Gasteiger charge is -2.26. The third-order valence-electron chi connectivity index (χ3n) is 4.87. The van der Waals surface area contributed by atoms with Crippen LogP contribution in [0.25, 0.3) is 6.08 Å². The van der Waals surface area contributed by atoms with Gasteiger partial charge in [-0.05, 0) is 54.8 Å². The number of aromatic amines is 1. The number of amides is 1. The Morgan fingerprint density at radius 2 is 2.15 bits per heavy atom. The van der Waals surface area contributed by atoms with Crippen molar-refractivity contribution in [2.45, 2.75) is 32.3 Å². The quantitative estimate of drug-likeness (QED) is 0.283. The van der Waals surface area contributed by atoms with Gasteiger partial charge in [0.05, 0.1) is 11.9 Å². The van der Waals surface area contributed by atoms with Crippen molar-refractivity contribution in [2.75, 3.05) is 11.9 Å². The van der Waals surface area contributed by atoms with Gasteiger partial charge in [0.25, 0.3) is 0 Å². The summed E-state index contributed by atoms with van der Waals surface area (Å²) >= 11 is 0. The zero-order valence-electron chi connectivity index (χ0n) is 18.2. The molecule has 0 bridgehead atoms. The van der Waals surface area contributed by atoms with Gasteiger partial charge in [-0.15, -0.1) is 10.2 Å². The predicted molar refractivity (Wildman–Crippen MR) is 123 cm³/mol. The molecule has 0 aliphatic carbocycles. The van der Waals surface area contributed by atoms with E-state index in [9.17, 15) is 4.79 Å². The number of unbranched alkanes of at least 4 members (excludes halogenated alkanes) is 2. The lowest BCUT2D eigenvalue weighted by molar-refractivity contribution is -0.111. The zero-order valence-corrected chi connectivity index (χ0v) is 18.2. The number of rotatable bonds is 9. The van der Waals surface area contributed by atoms with Crippen LogP contribution in [0.2, 0.25) is 0 Å². The van der Waals surface area contributed by atoms with Gasteiger partial charge >= 0.3 is 0 Å². The number of carbonyl (C=O) groups excluding carboxylic acids is 1. The number of nitrogens with one attached hydrogen (secondary N) is 2. The first kappa shape index (κ1) is 22.1. The predicted octanol–water partition coefficient (Wildman–Crippen LogP) is 4.45. The number of tetrazole rings is 1. The molecule has 2 aromatic carbocycles. The van der Waals surface area contributed by atoms with E-state index in [0.29, 0.717) is 23.0 Å². The third-order valence-corrected chi connectivity index (χ3v) is 4.87. The van der Waals surface area contributed by atoms with Crippen molar-refractivity contribution in [1.82, 2.24) is 20.6 Å². The highest BCUT2D eigenvalue weighted by Crippen LogP contribution is 2.41. The molecule has 9 nitrogen and oxygen atoms in total. The molecule has 0 radical (unpaired) electrons. The van der Waals surface area contributed by atoms with Crippen LogP contribution in [0, 0.1) is 0 Å². The van der Waals surface area contributed by atoms with Crippen LogP contribution in [-0.4, -0.2) is 33.1 Å². The Balaban J connectivity index is 1.35. The third kappa shape index (κ3) is 5.97. The van der Waals surface area contributed by atoms with E-state index in [1.165, 1.54) is 6.08 Å². The molecule has 1 aliphatic rings. The maximum Gasteiger partial charge on any atom is 0.248 e. The highest BCUT2D eigenvalue weighted by molar-refractivity contribution is 6.03. The van der Waals surface area contributed by atoms with Crippen LogP contribution < -0.4 is 19.5 Å². The summed E-state index contributed by atoms with van der Waals surface area (Å²) in [7, 11) is 0. The minimum Gasteiger partial charge on any atom is -0.485 e. The molecule has 0 spiro atoms. The molecule has 9 heteroatoms. The fraction of sp³-hybridized carbons (Fsp3) is 0.250. The second-order valence-electron chi connectivity index (χ2n) is 7.34. The Morgan fingerprint density at radius 3 is 2.94 bits per heavy atom. The van der Waals surface area contributed by atoms with Gasteiger partial charge < -0.3 is 19.5 Å². The van der Waals surface area contributed by atoms with Gasteiger partial charge in [-0.3, -0.25) is 4.79 Å². The fourth-order valence-corrected chi connectivity index (χ4v) is 3.14. The summed E-state index contributed by atoms with van der Waals surface area (Å²) in [6, 6.07) is 12.8. The summed E-state index contributed by atoms with van der Waals surface area (Å²) in [6.45, 7) is 2.41. The van der Waals surface area contributed by atoms with Crippen LogP contribution in [0.15, 0.2) is 60.9 Å². The number of aromatic nitrogens is 4. The summed E-state index contributed by atoms with van der Waals surface area (Å²) in [5, 5.41) is 16.6. The molecular weight excluding hydrogens is 422 g/mol. The maximum absolute atomic E-state index is 12.5. The number of nitrogens with zero attached hydrogens (tertiary/aromatic N) is 3. The number of fused-ring (bicyclic) bond motifs is 1. The second kappa shape index (κ2) is 10.9. The lowest BCUT2D eigenvalue weighted by atomic mass is 10.2. The highest BCUT2D eigenvalue weighted by Gasteiger charge is 2.28. The summed E-state index contributed by atoms with van der Waals surface area (Å²) < 4.78 is 17.3. The molecule has 2 N–H and O–H groups in total. The number of benzene rings is 2. The van der Waals surface area contributed by atoms with Crippen molar-refractivity contribution < 1.29 is 19.0 Å². The molecule has 2 heterocycles. The Morgan fingerprint density at radius 1 is 1.27 bits per heavy atom. The van der Waals surface area contributed by atoms with Crippen molar-refractivity contribution in [3.05, 3.63) is 72.3 Å².